The zero-order chi connectivity index (χ0) is 26.3. The third kappa shape index (κ3) is 6.18. The number of amides is 2. The van der Waals surface area contributed by atoms with Gasteiger partial charge in [-0.1, -0.05) is 30.3 Å². The first-order valence-electron chi connectivity index (χ1n) is 13.8. The van der Waals surface area contributed by atoms with E-state index in [9.17, 15) is 9.59 Å². The second kappa shape index (κ2) is 12.2. The molecule has 3 aromatic carbocycles. The van der Waals surface area contributed by atoms with Gasteiger partial charge in [-0.2, -0.15) is 0 Å². The second-order valence-electron chi connectivity index (χ2n) is 10.4. The summed E-state index contributed by atoms with van der Waals surface area (Å²) in [4.78, 5) is 31.0. The van der Waals surface area contributed by atoms with E-state index in [1.807, 2.05) is 23.1 Å². The van der Waals surface area contributed by atoms with Gasteiger partial charge in [0, 0.05) is 43.1 Å². The molecule has 5 rings (SSSR count). The molecule has 6 nitrogen and oxygen atoms in total. The van der Waals surface area contributed by atoms with Crippen molar-refractivity contribution in [3.8, 4) is 5.75 Å². The highest BCUT2D eigenvalue weighted by molar-refractivity contribution is 6.06. The molecule has 0 bridgehead atoms. The van der Waals surface area contributed by atoms with Gasteiger partial charge < -0.3 is 19.9 Å². The molecule has 1 N–H and O–H groups in total. The summed E-state index contributed by atoms with van der Waals surface area (Å²) in [6.45, 7) is 3.43. The summed E-state index contributed by atoms with van der Waals surface area (Å²) in [7, 11) is 1.60. The van der Waals surface area contributed by atoms with Crippen LogP contribution in [0.4, 0.5) is 11.4 Å². The molecule has 2 heterocycles. The Bertz CT molecular complexity index is 1230. The fourth-order valence-corrected chi connectivity index (χ4v) is 5.60. The number of anilines is 2. The maximum Gasteiger partial charge on any atom is 0.256 e. The number of rotatable bonds is 7. The van der Waals surface area contributed by atoms with Crippen LogP contribution in [0.1, 0.15) is 58.4 Å². The predicted octanol–water partition coefficient (Wildman–Crippen LogP) is 6.03. The molecule has 2 amide bonds. The molecular formula is C32H37N3O3. The van der Waals surface area contributed by atoms with Gasteiger partial charge in [0.15, 0.2) is 0 Å². The van der Waals surface area contributed by atoms with Crippen LogP contribution in [0.25, 0.3) is 0 Å². The first-order valence-corrected chi connectivity index (χ1v) is 13.8. The lowest BCUT2D eigenvalue weighted by molar-refractivity contribution is 0.0724. The van der Waals surface area contributed by atoms with Crippen molar-refractivity contribution in [2.24, 2.45) is 5.92 Å². The molecule has 0 aliphatic carbocycles. The molecule has 2 aliphatic heterocycles. The van der Waals surface area contributed by atoms with E-state index in [0.29, 0.717) is 28.5 Å². The van der Waals surface area contributed by atoms with E-state index in [2.05, 4.69) is 40.5 Å². The molecule has 0 unspecified atom stereocenters. The topological polar surface area (TPSA) is 61.9 Å². The zero-order valence-electron chi connectivity index (χ0n) is 22.2. The van der Waals surface area contributed by atoms with Crippen LogP contribution in [-0.2, 0) is 6.42 Å². The van der Waals surface area contributed by atoms with Gasteiger partial charge in [-0.3, -0.25) is 9.59 Å². The number of likely N-dealkylation sites (tertiary alicyclic amines) is 1. The van der Waals surface area contributed by atoms with Crippen molar-refractivity contribution in [1.82, 2.24) is 4.90 Å². The molecule has 0 spiro atoms. The molecule has 2 saturated heterocycles. The summed E-state index contributed by atoms with van der Waals surface area (Å²) in [6.07, 6.45) is 6.55. The number of benzene rings is 3. The smallest absolute Gasteiger partial charge is 0.256 e. The quantitative estimate of drug-likeness (QED) is 0.421. The van der Waals surface area contributed by atoms with Crippen LogP contribution < -0.4 is 15.0 Å². The van der Waals surface area contributed by atoms with Crippen molar-refractivity contribution in [2.45, 2.75) is 38.5 Å². The Morgan fingerprint density at radius 1 is 0.868 bits per heavy atom. The Hall–Kier alpha value is -3.80. The minimum absolute atomic E-state index is 0.0617. The standard InChI is InChI=1S/C32H37N3O3/c1-38-28-13-10-26(11-14-28)31(36)33-27-12-15-30(29(23-27)32(37)35-18-6-3-7-19-35)34-20-16-25(17-21-34)22-24-8-4-2-5-9-24/h2,4-5,8-15,23,25H,3,6-7,16-22H2,1H3,(H,33,36). The summed E-state index contributed by atoms with van der Waals surface area (Å²) in [6, 6.07) is 23.5. The molecule has 198 valence electrons. The minimum atomic E-state index is -0.210. The van der Waals surface area contributed by atoms with Crippen molar-refractivity contribution in [2.75, 3.05) is 43.5 Å². The number of hydrogen-bond donors (Lipinski definition) is 1. The first-order chi connectivity index (χ1) is 18.6. The number of carbonyl (C=O) groups is 2. The van der Waals surface area contributed by atoms with Gasteiger partial charge >= 0.3 is 0 Å². The third-order valence-electron chi connectivity index (χ3n) is 7.80. The number of nitrogens with zero attached hydrogens (tertiary/aromatic N) is 2. The second-order valence-corrected chi connectivity index (χ2v) is 10.4. The highest BCUT2D eigenvalue weighted by atomic mass is 16.5. The van der Waals surface area contributed by atoms with Gasteiger partial charge in [0.1, 0.15) is 5.75 Å². The first kappa shape index (κ1) is 25.8. The Balaban J connectivity index is 1.33. The molecule has 0 aromatic heterocycles. The van der Waals surface area contributed by atoms with E-state index in [0.717, 1.165) is 64.0 Å². The maximum absolute atomic E-state index is 13.7. The number of carbonyl (C=O) groups excluding carboxylic acids is 2. The third-order valence-corrected chi connectivity index (χ3v) is 7.80. The average molecular weight is 512 g/mol. The molecular weight excluding hydrogens is 474 g/mol. The van der Waals surface area contributed by atoms with Crippen LogP contribution in [0.3, 0.4) is 0 Å². The van der Waals surface area contributed by atoms with Crippen LogP contribution in [0.2, 0.25) is 0 Å². The van der Waals surface area contributed by atoms with Crippen molar-refractivity contribution >= 4 is 23.2 Å². The summed E-state index contributed by atoms with van der Waals surface area (Å²) >= 11 is 0. The van der Waals surface area contributed by atoms with E-state index >= 15 is 0 Å². The van der Waals surface area contributed by atoms with Gasteiger partial charge in [0.05, 0.1) is 12.7 Å². The minimum Gasteiger partial charge on any atom is -0.497 e. The van der Waals surface area contributed by atoms with Crippen molar-refractivity contribution in [3.63, 3.8) is 0 Å². The van der Waals surface area contributed by atoms with Crippen molar-refractivity contribution < 1.29 is 14.3 Å². The van der Waals surface area contributed by atoms with E-state index in [1.54, 1.807) is 31.4 Å². The van der Waals surface area contributed by atoms with E-state index in [4.69, 9.17) is 4.74 Å². The Morgan fingerprint density at radius 3 is 2.26 bits per heavy atom. The Morgan fingerprint density at radius 2 is 1.58 bits per heavy atom. The largest absolute Gasteiger partial charge is 0.497 e. The number of ether oxygens (including phenoxy) is 1. The normalized spacial score (nSPS) is 16.2. The van der Waals surface area contributed by atoms with Gasteiger partial charge in [-0.05, 0) is 92.5 Å². The number of nitrogens with one attached hydrogen (secondary N) is 1. The number of hydrogen-bond acceptors (Lipinski definition) is 4. The highest BCUT2D eigenvalue weighted by Crippen LogP contribution is 2.31. The van der Waals surface area contributed by atoms with Gasteiger partial charge in [0.25, 0.3) is 11.8 Å². The maximum atomic E-state index is 13.7. The van der Waals surface area contributed by atoms with Crippen LogP contribution in [0.15, 0.2) is 72.8 Å². The lowest BCUT2D eigenvalue weighted by Gasteiger charge is -2.36. The summed E-state index contributed by atoms with van der Waals surface area (Å²) in [5, 5.41) is 2.99. The molecule has 3 aromatic rings. The molecule has 0 radical (unpaired) electrons. The predicted molar refractivity (Wildman–Crippen MR) is 152 cm³/mol. The van der Waals surface area contributed by atoms with E-state index in [1.165, 1.54) is 12.0 Å². The Labute approximate surface area is 225 Å². The Kier molecular flexibility index (Phi) is 8.27. The molecule has 38 heavy (non-hydrogen) atoms. The SMILES string of the molecule is COc1ccc(C(=O)Nc2ccc(N3CCC(Cc4ccccc4)CC3)c(C(=O)N3CCCCC3)c2)cc1. The van der Waals surface area contributed by atoms with Crippen LogP contribution >= 0.6 is 0 Å². The summed E-state index contributed by atoms with van der Waals surface area (Å²) < 4.78 is 5.20. The van der Waals surface area contributed by atoms with Gasteiger partial charge in [-0.25, -0.2) is 0 Å². The number of methoxy groups -OCH3 is 1. The van der Waals surface area contributed by atoms with Crippen LogP contribution in [0, 0.1) is 5.92 Å². The van der Waals surface area contributed by atoms with Crippen molar-refractivity contribution in [1.29, 1.82) is 0 Å². The molecule has 6 heteroatoms. The highest BCUT2D eigenvalue weighted by Gasteiger charge is 2.26. The molecule has 0 atom stereocenters. The molecule has 2 fully saturated rings. The zero-order valence-corrected chi connectivity index (χ0v) is 22.2. The number of piperidine rings is 2. The molecule has 0 saturated carbocycles. The van der Waals surface area contributed by atoms with Gasteiger partial charge in [-0.15, -0.1) is 0 Å². The average Bonchev–Trinajstić information content (AvgIpc) is 2.98. The van der Waals surface area contributed by atoms with E-state index < -0.39 is 0 Å². The fraction of sp³-hybridized carbons (Fsp3) is 0.375. The van der Waals surface area contributed by atoms with Crippen LogP contribution in [-0.4, -0.2) is 50.0 Å². The van der Waals surface area contributed by atoms with Gasteiger partial charge in [0.2, 0.25) is 0 Å². The lowest BCUT2D eigenvalue weighted by atomic mass is 9.89. The van der Waals surface area contributed by atoms with Crippen molar-refractivity contribution in [3.05, 3.63) is 89.5 Å². The molecule has 2 aliphatic rings. The van der Waals surface area contributed by atoms with E-state index in [-0.39, 0.29) is 11.8 Å². The summed E-state index contributed by atoms with van der Waals surface area (Å²) in [5.74, 6) is 1.20. The lowest BCUT2D eigenvalue weighted by Crippen LogP contribution is -2.39. The monoisotopic (exact) mass is 511 g/mol. The summed E-state index contributed by atoms with van der Waals surface area (Å²) in [5.41, 5.74) is 4.22. The fourth-order valence-electron chi connectivity index (χ4n) is 5.60. The van der Waals surface area contributed by atoms with Crippen LogP contribution in [0.5, 0.6) is 5.75 Å².